The first-order valence-corrected chi connectivity index (χ1v) is 13.4. The molecule has 0 spiro atoms. The van der Waals surface area contributed by atoms with Crippen molar-refractivity contribution in [3.63, 3.8) is 0 Å². The van der Waals surface area contributed by atoms with Gasteiger partial charge in [-0.1, -0.05) is 18.5 Å². The van der Waals surface area contributed by atoms with Crippen molar-refractivity contribution in [2.75, 3.05) is 0 Å². The maximum atomic E-state index is 13.5. The summed E-state index contributed by atoms with van der Waals surface area (Å²) < 4.78 is 1.76. The second-order valence-electron chi connectivity index (χ2n) is 12.2. The third-order valence-electron chi connectivity index (χ3n) is 10.3. The summed E-state index contributed by atoms with van der Waals surface area (Å²) in [6.45, 7) is 4.78. The zero-order valence-corrected chi connectivity index (χ0v) is 20.6. The lowest BCUT2D eigenvalue weighted by molar-refractivity contribution is -0.133. The van der Waals surface area contributed by atoms with Gasteiger partial charge in [-0.05, 0) is 106 Å². The van der Waals surface area contributed by atoms with Crippen molar-refractivity contribution in [2.45, 2.75) is 83.8 Å². The molecular formula is C27H36ClN3O2. The van der Waals surface area contributed by atoms with Gasteiger partial charge in [0.1, 0.15) is 11.0 Å². The number of carbonyl (C=O) groups is 1. The first-order chi connectivity index (χ1) is 15.7. The molecule has 0 aliphatic heterocycles. The van der Waals surface area contributed by atoms with E-state index >= 15 is 0 Å². The molecule has 6 heteroatoms. The summed E-state index contributed by atoms with van der Waals surface area (Å²) in [5.41, 5.74) is 1.19. The van der Waals surface area contributed by atoms with E-state index < -0.39 is 5.60 Å². The van der Waals surface area contributed by atoms with Crippen LogP contribution in [0, 0.1) is 40.9 Å². The Morgan fingerprint density at radius 3 is 2.76 bits per heavy atom. The van der Waals surface area contributed by atoms with Crippen LogP contribution in [-0.4, -0.2) is 31.3 Å². The second kappa shape index (κ2) is 7.78. The van der Waals surface area contributed by atoms with Crippen LogP contribution in [0.4, 0.5) is 0 Å². The molecule has 0 aromatic carbocycles. The van der Waals surface area contributed by atoms with E-state index in [0.29, 0.717) is 29.2 Å². The van der Waals surface area contributed by atoms with Gasteiger partial charge in [0.25, 0.3) is 0 Å². The largest absolute Gasteiger partial charge is 0.390 e. The van der Waals surface area contributed by atoms with Crippen LogP contribution in [0.3, 0.4) is 0 Å². The highest BCUT2D eigenvalue weighted by Gasteiger charge is 2.58. The Hall–Kier alpha value is -1.46. The maximum absolute atomic E-state index is 13.5. The summed E-state index contributed by atoms with van der Waals surface area (Å²) in [4.78, 5) is 17.9. The summed E-state index contributed by atoms with van der Waals surface area (Å²) in [6, 6.07) is 1.81. The fraction of sp³-hybridized carbons (Fsp3) is 0.741. The van der Waals surface area contributed by atoms with Crippen molar-refractivity contribution >= 4 is 28.4 Å². The number of halogens is 1. The molecule has 2 aromatic rings. The molecule has 2 heterocycles. The summed E-state index contributed by atoms with van der Waals surface area (Å²) in [6.07, 6.45) is 13.8. The molecular weight excluding hydrogens is 434 g/mol. The van der Waals surface area contributed by atoms with Crippen molar-refractivity contribution < 1.29 is 9.90 Å². The van der Waals surface area contributed by atoms with E-state index in [9.17, 15) is 9.90 Å². The molecule has 1 N–H and O–H groups in total. The zero-order chi connectivity index (χ0) is 23.0. The lowest BCUT2D eigenvalue weighted by Gasteiger charge is -2.56. The molecule has 4 aliphatic carbocycles. The maximum Gasteiger partial charge on any atom is 0.157 e. The van der Waals surface area contributed by atoms with Crippen molar-refractivity contribution in [1.82, 2.24) is 14.8 Å². The normalized spacial score (nSPS) is 42.5. The Morgan fingerprint density at radius 2 is 1.91 bits per heavy atom. The Kier molecular flexibility index (Phi) is 5.19. The van der Waals surface area contributed by atoms with E-state index in [1.807, 2.05) is 13.1 Å². The van der Waals surface area contributed by atoms with Crippen molar-refractivity contribution in [1.29, 1.82) is 0 Å². The van der Waals surface area contributed by atoms with Gasteiger partial charge < -0.3 is 5.11 Å². The van der Waals surface area contributed by atoms with E-state index in [-0.39, 0.29) is 11.3 Å². The lowest BCUT2D eigenvalue weighted by atomic mass is 9.49. The first-order valence-electron chi connectivity index (χ1n) is 13.0. The van der Waals surface area contributed by atoms with Gasteiger partial charge in [0.2, 0.25) is 0 Å². The number of hydrogen-bond acceptors (Lipinski definition) is 4. The quantitative estimate of drug-likeness (QED) is 0.628. The number of fused-ring (bicyclic) bond motifs is 6. The Bertz CT molecular complexity index is 1080. The van der Waals surface area contributed by atoms with E-state index in [4.69, 9.17) is 11.6 Å². The number of Topliss-reactive ketones (excluding diaryl/α,β-unsaturated/α-hetero) is 1. The molecule has 2 aromatic heterocycles. The van der Waals surface area contributed by atoms with Crippen LogP contribution < -0.4 is 0 Å². The molecule has 4 saturated carbocycles. The van der Waals surface area contributed by atoms with Gasteiger partial charge >= 0.3 is 0 Å². The third-order valence-corrected chi connectivity index (χ3v) is 10.5. The van der Waals surface area contributed by atoms with Crippen LogP contribution in [0.2, 0.25) is 5.02 Å². The number of carbonyl (C=O) groups excluding carboxylic acids is 1. The van der Waals surface area contributed by atoms with Crippen LogP contribution >= 0.6 is 11.6 Å². The van der Waals surface area contributed by atoms with Crippen LogP contribution in [0.5, 0.6) is 0 Å². The Morgan fingerprint density at radius 1 is 1.09 bits per heavy atom. The SMILES string of the molecule is C[C@@]1(O)CC[C@H]2C(CC[C@@H]3[C@@H]2CC[C@]2(C)[C@@H](C(=O)Cn4cc5ncc(Cl)cc5n4)CC[C@@H]32)C1. The van der Waals surface area contributed by atoms with Gasteiger partial charge in [0, 0.05) is 12.1 Å². The summed E-state index contributed by atoms with van der Waals surface area (Å²) in [5, 5.41) is 15.8. The molecule has 0 saturated heterocycles. The smallest absolute Gasteiger partial charge is 0.157 e. The summed E-state index contributed by atoms with van der Waals surface area (Å²) in [7, 11) is 0. The van der Waals surface area contributed by atoms with Gasteiger partial charge in [-0.3, -0.25) is 14.5 Å². The van der Waals surface area contributed by atoms with E-state index in [0.717, 1.165) is 48.0 Å². The van der Waals surface area contributed by atoms with Crippen molar-refractivity contribution in [3.8, 4) is 0 Å². The highest BCUT2D eigenvalue weighted by Crippen LogP contribution is 2.64. The minimum atomic E-state index is -0.458. The van der Waals surface area contributed by atoms with Gasteiger partial charge in [-0.25, -0.2) is 0 Å². The number of pyridine rings is 1. The highest BCUT2D eigenvalue weighted by atomic mass is 35.5. The number of hydrogen-bond donors (Lipinski definition) is 1. The minimum Gasteiger partial charge on any atom is -0.390 e. The number of nitrogens with zero attached hydrogens (tertiary/aromatic N) is 3. The number of aliphatic hydroxyl groups is 1. The predicted octanol–water partition coefficient (Wildman–Crippen LogP) is 5.67. The molecule has 0 radical (unpaired) electrons. The summed E-state index contributed by atoms with van der Waals surface area (Å²) in [5.74, 6) is 4.21. The van der Waals surface area contributed by atoms with E-state index in [1.54, 1.807) is 16.9 Å². The fourth-order valence-electron chi connectivity index (χ4n) is 8.89. The molecule has 8 atom stereocenters. The molecule has 6 rings (SSSR count). The number of rotatable bonds is 3. The van der Waals surface area contributed by atoms with Gasteiger partial charge in [0.15, 0.2) is 5.78 Å². The van der Waals surface area contributed by atoms with Crippen molar-refractivity contribution in [2.24, 2.45) is 40.9 Å². The molecule has 1 unspecified atom stereocenters. The van der Waals surface area contributed by atoms with E-state index in [2.05, 4.69) is 17.0 Å². The number of ketones is 1. The van der Waals surface area contributed by atoms with Gasteiger partial charge in [0.05, 0.1) is 23.4 Å². The number of aromatic nitrogens is 3. The van der Waals surface area contributed by atoms with Crippen molar-refractivity contribution in [3.05, 3.63) is 23.5 Å². The van der Waals surface area contributed by atoms with Gasteiger partial charge in [-0.15, -0.1) is 0 Å². The van der Waals surface area contributed by atoms with E-state index in [1.165, 1.54) is 38.5 Å². The van der Waals surface area contributed by atoms with Crippen LogP contribution in [0.25, 0.3) is 11.0 Å². The lowest BCUT2D eigenvalue weighted by Crippen LogP contribution is -2.51. The molecule has 5 nitrogen and oxygen atoms in total. The minimum absolute atomic E-state index is 0.124. The Balaban J connectivity index is 1.18. The van der Waals surface area contributed by atoms with Gasteiger partial charge in [-0.2, -0.15) is 5.10 Å². The van der Waals surface area contributed by atoms with Crippen LogP contribution in [0.1, 0.15) is 71.6 Å². The molecule has 0 bridgehead atoms. The molecule has 178 valence electrons. The fourth-order valence-corrected chi connectivity index (χ4v) is 9.04. The average molecular weight is 470 g/mol. The zero-order valence-electron chi connectivity index (χ0n) is 19.8. The second-order valence-corrected chi connectivity index (χ2v) is 12.6. The molecule has 4 fully saturated rings. The Labute approximate surface area is 201 Å². The molecule has 0 amide bonds. The highest BCUT2D eigenvalue weighted by molar-refractivity contribution is 6.31. The molecule has 33 heavy (non-hydrogen) atoms. The molecule has 4 aliphatic rings. The third kappa shape index (κ3) is 3.65. The topological polar surface area (TPSA) is 68.0 Å². The predicted molar refractivity (Wildman–Crippen MR) is 129 cm³/mol. The van der Waals surface area contributed by atoms with Crippen LogP contribution in [-0.2, 0) is 11.3 Å². The monoisotopic (exact) mass is 469 g/mol. The average Bonchev–Trinajstić information content (AvgIpc) is 3.32. The van der Waals surface area contributed by atoms with Crippen LogP contribution in [0.15, 0.2) is 18.5 Å². The first kappa shape index (κ1) is 22.0. The standard InChI is InChI=1S/C27H36ClN3O2/c1-26(33)9-7-18-16(12-26)3-4-20-19(18)8-10-27(2)21(20)5-6-22(27)25(32)15-31-14-24-23(30-31)11-17(28)13-29-24/h11,13-14,16,18-22,33H,3-10,12,15H2,1-2H3/t16?,18-,19+,20+,21-,22+,26+,27-/m0/s1. The summed E-state index contributed by atoms with van der Waals surface area (Å²) >= 11 is 6.05.